The van der Waals surface area contributed by atoms with Gasteiger partial charge in [-0.3, -0.25) is 9.69 Å². The topological polar surface area (TPSA) is 41.9 Å². The summed E-state index contributed by atoms with van der Waals surface area (Å²) in [5.74, 6) is 0.197. The number of rotatable bonds is 6. The molecule has 0 aromatic heterocycles. The molecule has 0 spiro atoms. The average molecular weight is 559 g/mol. The van der Waals surface area contributed by atoms with Gasteiger partial charge in [-0.1, -0.05) is 54.6 Å². The van der Waals surface area contributed by atoms with Gasteiger partial charge in [0.1, 0.15) is 18.2 Å². The zero-order valence-corrected chi connectivity index (χ0v) is 21.4. The summed E-state index contributed by atoms with van der Waals surface area (Å²) in [7, 11) is 0. The first-order chi connectivity index (χ1) is 17.6. The molecule has 1 heterocycles. The van der Waals surface area contributed by atoms with Gasteiger partial charge in [-0.15, -0.1) is 0 Å². The Labute approximate surface area is 221 Å². The molecule has 4 aromatic carbocycles. The van der Waals surface area contributed by atoms with E-state index >= 15 is 0 Å². The number of hydrogen-bond donors (Lipinski definition) is 0. The van der Waals surface area contributed by atoms with Crippen molar-refractivity contribution in [2.45, 2.75) is 6.61 Å². The normalized spacial score (nSPS) is 15.6. The van der Waals surface area contributed by atoms with E-state index < -0.39 is 0 Å². The highest BCUT2D eigenvalue weighted by Gasteiger charge is 2.34. The summed E-state index contributed by atoms with van der Waals surface area (Å²) in [6, 6.07) is 31.0. The van der Waals surface area contributed by atoms with E-state index in [1.54, 1.807) is 11.0 Å². The Morgan fingerprint density at radius 1 is 0.917 bits per heavy atom. The van der Waals surface area contributed by atoms with E-state index in [0.717, 1.165) is 27.0 Å². The first-order valence-electron chi connectivity index (χ1n) is 11.2. The molecule has 36 heavy (non-hydrogen) atoms. The summed E-state index contributed by atoms with van der Waals surface area (Å²) in [4.78, 5) is 20.4. The summed E-state index contributed by atoms with van der Waals surface area (Å²) in [5, 5.41) is 0.595. The van der Waals surface area contributed by atoms with E-state index in [0.29, 0.717) is 15.8 Å². The predicted molar refractivity (Wildman–Crippen MR) is 148 cm³/mol. The number of carbonyl (C=O) groups excluding carboxylic acids is 1. The Morgan fingerprint density at radius 2 is 1.67 bits per heavy atom. The second-order valence-corrected chi connectivity index (χ2v) is 9.79. The van der Waals surface area contributed by atoms with Crippen molar-refractivity contribution in [2.24, 2.45) is 4.99 Å². The summed E-state index contributed by atoms with van der Waals surface area (Å²) in [6.45, 7) is 0.247. The van der Waals surface area contributed by atoms with Crippen LogP contribution in [0.3, 0.4) is 0 Å². The highest BCUT2D eigenvalue weighted by Crippen LogP contribution is 2.38. The maximum absolute atomic E-state index is 13.4. The van der Waals surface area contributed by atoms with Crippen LogP contribution in [0.1, 0.15) is 11.1 Å². The van der Waals surface area contributed by atoms with Gasteiger partial charge in [0.25, 0.3) is 5.91 Å². The van der Waals surface area contributed by atoms with Crippen LogP contribution < -0.4 is 9.64 Å². The van der Waals surface area contributed by atoms with Gasteiger partial charge in [0, 0.05) is 0 Å². The number of amidine groups is 1. The number of halogens is 2. The highest BCUT2D eigenvalue weighted by atomic mass is 79.9. The summed E-state index contributed by atoms with van der Waals surface area (Å²) < 4.78 is 20.0. The van der Waals surface area contributed by atoms with E-state index in [2.05, 4.69) is 15.9 Å². The Balaban J connectivity index is 1.40. The maximum Gasteiger partial charge on any atom is 0.271 e. The number of ether oxygens (including phenoxy) is 1. The van der Waals surface area contributed by atoms with Gasteiger partial charge in [-0.25, -0.2) is 9.38 Å². The molecular weight excluding hydrogens is 539 g/mol. The van der Waals surface area contributed by atoms with Crippen LogP contribution in [0.2, 0.25) is 0 Å². The largest absolute Gasteiger partial charge is 0.488 e. The van der Waals surface area contributed by atoms with Crippen molar-refractivity contribution in [1.29, 1.82) is 0 Å². The van der Waals surface area contributed by atoms with E-state index in [-0.39, 0.29) is 18.3 Å². The average Bonchev–Trinajstić information content (AvgIpc) is 3.18. The number of hydrogen-bond acceptors (Lipinski definition) is 4. The van der Waals surface area contributed by atoms with Crippen molar-refractivity contribution in [3.8, 4) is 5.75 Å². The zero-order valence-electron chi connectivity index (χ0n) is 19.0. The number of thioether (sulfide) groups is 1. The molecule has 7 heteroatoms. The molecule has 0 bridgehead atoms. The van der Waals surface area contributed by atoms with Gasteiger partial charge >= 0.3 is 0 Å². The maximum atomic E-state index is 13.4. The number of aliphatic imine (C=N–C) groups is 1. The summed E-state index contributed by atoms with van der Waals surface area (Å²) >= 11 is 4.89. The zero-order chi connectivity index (χ0) is 24.9. The smallest absolute Gasteiger partial charge is 0.271 e. The molecule has 0 radical (unpaired) electrons. The van der Waals surface area contributed by atoms with Crippen LogP contribution in [-0.2, 0) is 11.4 Å². The number of amides is 1. The first-order valence-corrected chi connectivity index (χ1v) is 12.8. The third-order valence-electron chi connectivity index (χ3n) is 5.34. The highest BCUT2D eigenvalue weighted by molar-refractivity contribution is 9.10. The fraction of sp³-hybridized carbons (Fsp3) is 0.0345. The molecule has 0 saturated carbocycles. The summed E-state index contributed by atoms with van der Waals surface area (Å²) in [5.41, 5.74) is 3.12. The van der Waals surface area contributed by atoms with Gasteiger partial charge in [0.05, 0.1) is 20.8 Å². The first kappa shape index (κ1) is 24.0. The second kappa shape index (κ2) is 10.9. The molecule has 0 N–H and O–H groups in total. The van der Waals surface area contributed by atoms with Crippen LogP contribution in [0, 0.1) is 5.82 Å². The van der Waals surface area contributed by atoms with Gasteiger partial charge < -0.3 is 4.74 Å². The summed E-state index contributed by atoms with van der Waals surface area (Å²) in [6.07, 6.45) is 1.84. The number of anilines is 1. The fourth-order valence-electron chi connectivity index (χ4n) is 3.63. The molecule has 1 saturated heterocycles. The molecule has 1 amide bonds. The molecule has 1 aliphatic rings. The third kappa shape index (κ3) is 5.58. The molecule has 5 rings (SSSR count). The van der Waals surface area contributed by atoms with Crippen molar-refractivity contribution in [1.82, 2.24) is 0 Å². The molecule has 0 unspecified atom stereocenters. The van der Waals surface area contributed by atoms with Crippen molar-refractivity contribution >= 4 is 56.2 Å². The van der Waals surface area contributed by atoms with Crippen LogP contribution in [0.4, 0.5) is 15.8 Å². The van der Waals surface area contributed by atoms with Crippen LogP contribution in [0.25, 0.3) is 6.08 Å². The van der Waals surface area contributed by atoms with Crippen molar-refractivity contribution < 1.29 is 13.9 Å². The monoisotopic (exact) mass is 558 g/mol. The number of nitrogens with zero attached hydrogens (tertiary/aromatic N) is 2. The predicted octanol–water partition coefficient (Wildman–Crippen LogP) is 7.98. The lowest BCUT2D eigenvalue weighted by Crippen LogP contribution is -2.28. The van der Waals surface area contributed by atoms with Gasteiger partial charge in [-0.05, 0) is 93.4 Å². The van der Waals surface area contributed by atoms with E-state index in [9.17, 15) is 9.18 Å². The Kier molecular flexibility index (Phi) is 7.30. The lowest BCUT2D eigenvalue weighted by molar-refractivity contribution is -0.113. The van der Waals surface area contributed by atoms with Crippen LogP contribution in [-0.4, -0.2) is 11.1 Å². The number of benzene rings is 4. The minimum Gasteiger partial charge on any atom is -0.488 e. The van der Waals surface area contributed by atoms with Crippen LogP contribution in [0.15, 0.2) is 117 Å². The van der Waals surface area contributed by atoms with E-state index in [1.165, 1.54) is 23.9 Å². The van der Waals surface area contributed by atoms with Crippen LogP contribution in [0.5, 0.6) is 5.75 Å². The van der Waals surface area contributed by atoms with Gasteiger partial charge in [0.15, 0.2) is 5.17 Å². The van der Waals surface area contributed by atoms with Crippen LogP contribution >= 0.6 is 27.7 Å². The van der Waals surface area contributed by atoms with Crippen molar-refractivity contribution in [2.75, 3.05) is 4.90 Å². The van der Waals surface area contributed by atoms with Crippen molar-refractivity contribution in [3.05, 3.63) is 129 Å². The molecule has 178 valence electrons. The lowest BCUT2D eigenvalue weighted by Gasteiger charge is -2.15. The fourth-order valence-corrected chi connectivity index (χ4v) is 5.14. The van der Waals surface area contributed by atoms with Gasteiger partial charge in [0.2, 0.25) is 0 Å². The Hall–Kier alpha value is -3.68. The van der Waals surface area contributed by atoms with Gasteiger partial charge in [-0.2, -0.15) is 0 Å². The molecule has 0 aliphatic carbocycles. The van der Waals surface area contributed by atoms with Crippen molar-refractivity contribution in [3.63, 3.8) is 0 Å². The van der Waals surface area contributed by atoms with E-state index in [1.807, 2.05) is 91.0 Å². The minimum absolute atomic E-state index is 0.136. The standard InChI is InChI=1S/C29H20BrFN2O2S/c30-25-17-20(14-15-26(25)35-19-21-8-7-9-22(31)16-21)18-27-28(34)33(24-12-5-2-6-13-24)29(36-27)32-23-10-3-1-4-11-23/h1-18H,19H2/b27-18+,32-29?. The third-order valence-corrected chi connectivity index (χ3v) is 6.93. The minimum atomic E-state index is -0.296. The SMILES string of the molecule is O=C1/C(=C\c2ccc(OCc3cccc(F)c3)c(Br)c2)SC(=Nc2ccccc2)N1c1ccccc1. The Morgan fingerprint density at radius 3 is 2.39 bits per heavy atom. The molecule has 4 aromatic rings. The second-order valence-electron chi connectivity index (χ2n) is 7.93. The number of carbonyl (C=O) groups is 1. The number of para-hydroxylation sites is 2. The lowest BCUT2D eigenvalue weighted by atomic mass is 10.2. The molecular formula is C29H20BrFN2O2S. The Bertz CT molecular complexity index is 1460. The molecule has 1 aliphatic heterocycles. The quantitative estimate of drug-likeness (QED) is 0.225. The molecule has 1 fully saturated rings. The van der Waals surface area contributed by atoms with E-state index in [4.69, 9.17) is 9.73 Å². The molecule has 4 nitrogen and oxygen atoms in total. The molecule has 0 atom stereocenters.